The zero-order valence-electron chi connectivity index (χ0n) is 9.36. The van der Waals surface area contributed by atoms with Crippen molar-refractivity contribution in [3.05, 3.63) is 44.1 Å². The average Bonchev–Trinajstić information content (AvgIpc) is 2.64. The molecule has 1 heterocycles. The molecule has 1 aromatic carbocycles. The zero-order valence-corrected chi connectivity index (χ0v) is 12.5. The van der Waals surface area contributed by atoms with E-state index in [1.54, 1.807) is 18.5 Å². The Balaban J connectivity index is 2.35. The van der Waals surface area contributed by atoms with E-state index in [0.717, 1.165) is 10.2 Å². The van der Waals surface area contributed by atoms with Crippen molar-refractivity contribution < 1.29 is 0 Å². The minimum Gasteiger partial charge on any atom is -0.368 e. The molecule has 1 aromatic heterocycles. The number of hydrogen-bond acceptors (Lipinski definition) is 3. The summed E-state index contributed by atoms with van der Waals surface area (Å²) in [6.45, 7) is 1.84. The van der Waals surface area contributed by atoms with Gasteiger partial charge < -0.3 is 5.73 Å². The van der Waals surface area contributed by atoms with Crippen LogP contribution in [0.2, 0.25) is 10.0 Å². The largest absolute Gasteiger partial charge is 0.368 e. The van der Waals surface area contributed by atoms with Gasteiger partial charge >= 0.3 is 0 Å². The van der Waals surface area contributed by atoms with Crippen molar-refractivity contribution in [1.29, 1.82) is 0 Å². The van der Waals surface area contributed by atoms with Gasteiger partial charge in [-0.15, -0.1) is 0 Å². The Hall–Kier alpha value is -1.04. The van der Waals surface area contributed by atoms with Gasteiger partial charge in [-0.3, -0.25) is 0 Å². The first-order valence-corrected chi connectivity index (χ1v) is 6.53. The zero-order chi connectivity index (χ0) is 13.3. The van der Waals surface area contributed by atoms with Crippen LogP contribution >= 0.6 is 39.1 Å². The van der Waals surface area contributed by atoms with Gasteiger partial charge in [0.1, 0.15) is 0 Å². The van der Waals surface area contributed by atoms with Crippen LogP contribution in [-0.4, -0.2) is 15.9 Å². The molecule has 2 rings (SSSR count). The topological polar surface area (TPSA) is 56.2 Å². The van der Waals surface area contributed by atoms with Crippen molar-refractivity contribution in [1.82, 2.24) is 9.66 Å². The van der Waals surface area contributed by atoms with Gasteiger partial charge in [0.15, 0.2) is 0 Å². The van der Waals surface area contributed by atoms with Gasteiger partial charge in [-0.1, -0.05) is 29.3 Å². The fourth-order valence-corrected chi connectivity index (χ4v) is 2.19. The molecule has 0 saturated carbocycles. The summed E-state index contributed by atoms with van der Waals surface area (Å²) >= 11 is 15.4. The lowest BCUT2D eigenvalue weighted by Crippen LogP contribution is -1.97. The highest BCUT2D eigenvalue weighted by Gasteiger charge is 2.07. The standard InChI is InChI=1S/C11H9BrCl2N4/c1-6-5-18(11(15)17-6)16-4-7-2-3-8(12)10(14)9(7)13/h2-5H,1H3,(H2,15,17). The average molecular weight is 348 g/mol. The molecule has 0 spiro atoms. The molecule has 0 aliphatic rings. The van der Waals surface area contributed by atoms with Crippen LogP contribution in [0.25, 0.3) is 0 Å². The molecule has 2 aromatic rings. The highest BCUT2D eigenvalue weighted by atomic mass is 79.9. The van der Waals surface area contributed by atoms with E-state index >= 15 is 0 Å². The summed E-state index contributed by atoms with van der Waals surface area (Å²) in [7, 11) is 0. The normalized spacial score (nSPS) is 11.3. The Morgan fingerprint density at radius 3 is 2.72 bits per heavy atom. The number of hydrogen-bond donors (Lipinski definition) is 1. The number of imidazole rings is 1. The Bertz CT molecular complexity index is 622. The molecule has 0 saturated heterocycles. The van der Waals surface area contributed by atoms with Gasteiger partial charge in [-0.05, 0) is 28.9 Å². The Morgan fingerprint density at radius 1 is 1.39 bits per heavy atom. The summed E-state index contributed by atoms with van der Waals surface area (Å²) in [6, 6.07) is 3.61. The number of halogens is 3. The molecule has 94 valence electrons. The molecular formula is C11H9BrCl2N4. The molecule has 18 heavy (non-hydrogen) atoms. The Kier molecular flexibility index (Phi) is 3.94. The molecule has 0 aliphatic heterocycles. The van der Waals surface area contributed by atoms with E-state index < -0.39 is 0 Å². The number of nitrogens with two attached hydrogens (primary N) is 1. The van der Waals surface area contributed by atoms with Crippen LogP contribution in [0, 0.1) is 6.92 Å². The van der Waals surface area contributed by atoms with E-state index in [9.17, 15) is 0 Å². The summed E-state index contributed by atoms with van der Waals surface area (Å²) < 4.78 is 2.21. The first-order chi connectivity index (χ1) is 8.49. The van der Waals surface area contributed by atoms with Crippen LogP contribution in [-0.2, 0) is 0 Å². The smallest absolute Gasteiger partial charge is 0.221 e. The number of nitrogens with zero attached hydrogens (tertiary/aromatic N) is 3. The maximum absolute atomic E-state index is 6.10. The van der Waals surface area contributed by atoms with Crippen molar-refractivity contribution in [2.24, 2.45) is 5.10 Å². The SMILES string of the molecule is Cc1cn(N=Cc2ccc(Br)c(Cl)c2Cl)c(N)n1. The van der Waals surface area contributed by atoms with Gasteiger partial charge in [-0.25, -0.2) is 9.66 Å². The summed E-state index contributed by atoms with van der Waals surface area (Å²) in [6.07, 6.45) is 3.30. The third kappa shape index (κ3) is 2.68. The number of rotatable bonds is 2. The number of aryl methyl sites for hydroxylation is 1. The minimum atomic E-state index is 0.322. The van der Waals surface area contributed by atoms with Crippen LogP contribution in [0.4, 0.5) is 5.95 Å². The Morgan fingerprint density at radius 2 is 2.11 bits per heavy atom. The summed E-state index contributed by atoms with van der Waals surface area (Å²) in [4.78, 5) is 4.04. The van der Waals surface area contributed by atoms with Crippen LogP contribution in [0.3, 0.4) is 0 Å². The molecule has 7 heteroatoms. The van der Waals surface area contributed by atoms with Crippen LogP contribution < -0.4 is 5.73 Å². The van der Waals surface area contributed by atoms with Crippen molar-refractivity contribution in [2.75, 3.05) is 5.73 Å². The fraction of sp³-hybridized carbons (Fsp3) is 0.0909. The number of nitrogen functional groups attached to an aromatic ring is 1. The monoisotopic (exact) mass is 346 g/mol. The van der Waals surface area contributed by atoms with Crippen molar-refractivity contribution in [3.8, 4) is 0 Å². The second kappa shape index (κ2) is 5.30. The van der Waals surface area contributed by atoms with Crippen LogP contribution in [0.15, 0.2) is 27.9 Å². The lowest BCUT2D eigenvalue weighted by molar-refractivity contribution is 0.897. The molecule has 0 aliphatic carbocycles. The lowest BCUT2D eigenvalue weighted by Gasteiger charge is -2.02. The third-order valence-electron chi connectivity index (χ3n) is 2.22. The van der Waals surface area contributed by atoms with Gasteiger partial charge in [0.2, 0.25) is 5.95 Å². The first-order valence-electron chi connectivity index (χ1n) is 4.98. The summed E-state index contributed by atoms with van der Waals surface area (Å²) in [5.74, 6) is 0.322. The molecule has 0 radical (unpaired) electrons. The quantitative estimate of drug-likeness (QED) is 0.664. The third-order valence-corrected chi connectivity index (χ3v) is 4.01. The van der Waals surface area contributed by atoms with Crippen molar-refractivity contribution >= 4 is 51.3 Å². The van der Waals surface area contributed by atoms with Gasteiger partial charge in [-0.2, -0.15) is 5.10 Å². The summed E-state index contributed by atoms with van der Waals surface area (Å²) in [5, 5.41) is 5.06. The highest BCUT2D eigenvalue weighted by molar-refractivity contribution is 9.10. The molecule has 4 nitrogen and oxygen atoms in total. The number of anilines is 1. The molecule has 0 atom stereocenters. The van der Waals surface area contributed by atoms with E-state index in [1.807, 2.05) is 13.0 Å². The second-order valence-electron chi connectivity index (χ2n) is 3.59. The van der Waals surface area contributed by atoms with Crippen LogP contribution in [0.1, 0.15) is 11.3 Å². The van der Waals surface area contributed by atoms with Gasteiger partial charge in [0, 0.05) is 10.0 Å². The maximum Gasteiger partial charge on any atom is 0.221 e. The molecule has 0 unspecified atom stereocenters. The molecular weight excluding hydrogens is 339 g/mol. The molecule has 0 fully saturated rings. The van der Waals surface area contributed by atoms with Crippen molar-refractivity contribution in [2.45, 2.75) is 6.92 Å². The molecule has 0 bridgehead atoms. The van der Waals surface area contributed by atoms with Crippen LogP contribution in [0.5, 0.6) is 0 Å². The fourth-order valence-electron chi connectivity index (χ4n) is 1.36. The van der Waals surface area contributed by atoms with E-state index in [1.165, 1.54) is 4.68 Å². The predicted octanol–water partition coefficient (Wildman–Crippen LogP) is 3.73. The first kappa shape index (κ1) is 13.4. The van der Waals surface area contributed by atoms with Crippen molar-refractivity contribution in [3.63, 3.8) is 0 Å². The molecule has 0 amide bonds. The van der Waals surface area contributed by atoms with Gasteiger partial charge in [0.05, 0.1) is 28.2 Å². The number of benzene rings is 1. The summed E-state index contributed by atoms with van der Waals surface area (Å²) in [5.41, 5.74) is 7.17. The molecule has 2 N–H and O–H groups in total. The number of aromatic nitrogens is 2. The van der Waals surface area contributed by atoms with Gasteiger partial charge in [0.25, 0.3) is 0 Å². The van der Waals surface area contributed by atoms with E-state index in [0.29, 0.717) is 21.6 Å². The van der Waals surface area contributed by atoms with E-state index in [-0.39, 0.29) is 0 Å². The maximum atomic E-state index is 6.10. The van der Waals surface area contributed by atoms with E-state index in [2.05, 4.69) is 26.0 Å². The Labute approximate surface area is 123 Å². The predicted molar refractivity (Wildman–Crippen MR) is 78.5 cm³/mol. The lowest BCUT2D eigenvalue weighted by atomic mass is 10.2. The minimum absolute atomic E-state index is 0.322. The second-order valence-corrected chi connectivity index (χ2v) is 5.20. The highest BCUT2D eigenvalue weighted by Crippen LogP contribution is 2.32. The van der Waals surface area contributed by atoms with E-state index in [4.69, 9.17) is 28.9 Å².